The van der Waals surface area contributed by atoms with Gasteiger partial charge in [0.1, 0.15) is 0 Å². The molecule has 1 nitrogen and oxygen atoms in total. The highest BCUT2D eigenvalue weighted by atomic mass is 79.9. The topological polar surface area (TPSA) is 9.23 Å². The van der Waals surface area contributed by atoms with Crippen LogP contribution in [-0.4, -0.2) is 12.2 Å². The third-order valence-electron chi connectivity index (χ3n) is 1.59. The number of benzene rings is 1. The summed E-state index contributed by atoms with van der Waals surface area (Å²) in [6.07, 6.45) is 0. The fourth-order valence-electron chi connectivity index (χ4n) is 0.838. The van der Waals surface area contributed by atoms with E-state index in [-0.39, 0.29) is 0 Å². The molecule has 0 spiro atoms. The first-order valence-electron chi connectivity index (χ1n) is 3.49. The minimum atomic E-state index is 0.524. The zero-order valence-electron chi connectivity index (χ0n) is 6.93. The minimum absolute atomic E-state index is 0.524. The third-order valence-corrected chi connectivity index (χ3v) is 2.85. The fourth-order valence-corrected chi connectivity index (χ4v) is 1.34. The van der Waals surface area contributed by atoms with E-state index in [1.807, 2.05) is 25.1 Å². The van der Waals surface area contributed by atoms with Gasteiger partial charge in [-0.25, -0.2) is 0 Å². The van der Waals surface area contributed by atoms with E-state index in [1.165, 1.54) is 5.56 Å². The van der Waals surface area contributed by atoms with Gasteiger partial charge >= 0.3 is 0 Å². The molecule has 0 heterocycles. The molecule has 0 N–H and O–H groups in total. The van der Waals surface area contributed by atoms with E-state index >= 15 is 0 Å². The largest absolute Gasteiger partial charge is 0.486 e. The summed E-state index contributed by atoms with van der Waals surface area (Å²) in [5.41, 5.74) is 2.13. The van der Waals surface area contributed by atoms with Gasteiger partial charge < -0.3 is 4.74 Å². The van der Waals surface area contributed by atoms with Crippen LogP contribution < -0.4 is 0 Å². The van der Waals surface area contributed by atoms with Crippen LogP contribution in [0, 0.1) is 6.92 Å². The van der Waals surface area contributed by atoms with Crippen LogP contribution in [0.4, 0.5) is 0 Å². The van der Waals surface area contributed by atoms with Gasteiger partial charge in [-0.1, -0.05) is 28.1 Å². The maximum atomic E-state index is 4.98. The van der Waals surface area contributed by atoms with Crippen LogP contribution in [0.2, 0.25) is 0 Å². The Bertz CT molecular complexity index is 309. The van der Waals surface area contributed by atoms with Crippen molar-refractivity contribution in [2.75, 3.05) is 7.11 Å². The number of methoxy groups -OCH3 is 1. The molecule has 12 heavy (non-hydrogen) atoms. The summed E-state index contributed by atoms with van der Waals surface area (Å²) in [4.78, 5) is 0. The zero-order chi connectivity index (χ0) is 9.14. The lowest BCUT2D eigenvalue weighted by Crippen LogP contribution is -1.99. The molecule has 0 amide bonds. The number of halogens is 1. The highest BCUT2D eigenvalue weighted by molar-refractivity contribution is 9.10. The van der Waals surface area contributed by atoms with Gasteiger partial charge in [0.05, 0.1) is 7.11 Å². The first kappa shape index (κ1) is 9.68. The quantitative estimate of drug-likeness (QED) is 0.703. The molecule has 1 aromatic rings. The van der Waals surface area contributed by atoms with Crippen LogP contribution in [-0.2, 0) is 4.74 Å². The van der Waals surface area contributed by atoms with E-state index in [2.05, 4.69) is 15.9 Å². The van der Waals surface area contributed by atoms with Gasteiger partial charge in [-0.05, 0) is 30.8 Å². The molecule has 64 valence electrons. The van der Waals surface area contributed by atoms with Gasteiger partial charge in [0.25, 0.3) is 0 Å². The van der Waals surface area contributed by atoms with Crippen molar-refractivity contribution in [2.45, 2.75) is 6.92 Å². The predicted octanol–water partition coefficient (Wildman–Crippen LogP) is 3.08. The van der Waals surface area contributed by atoms with E-state index in [1.54, 1.807) is 7.11 Å². The van der Waals surface area contributed by atoms with Crippen molar-refractivity contribution < 1.29 is 4.74 Å². The summed E-state index contributed by atoms with van der Waals surface area (Å²) in [5.74, 6) is 0. The highest BCUT2D eigenvalue weighted by Crippen LogP contribution is 2.18. The Morgan fingerprint density at radius 2 is 2.17 bits per heavy atom. The second-order valence-electron chi connectivity index (χ2n) is 2.46. The molecule has 0 fully saturated rings. The van der Waals surface area contributed by atoms with E-state index in [4.69, 9.17) is 17.0 Å². The third kappa shape index (κ3) is 2.05. The van der Waals surface area contributed by atoms with Crippen LogP contribution in [0.15, 0.2) is 22.7 Å². The van der Waals surface area contributed by atoms with Crippen molar-refractivity contribution in [1.82, 2.24) is 0 Å². The molecule has 1 rings (SSSR count). The molecule has 0 aliphatic rings. The van der Waals surface area contributed by atoms with Gasteiger partial charge in [0.2, 0.25) is 0 Å². The molecule has 3 heteroatoms. The number of ether oxygens (including phenoxy) is 1. The number of thiocarbonyl (C=S) groups is 1. The Labute approximate surface area is 85.9 Å². The summed E-state index contributed by atoms with van der Waals surface area (Å²) in [6.45, 7) is 2.03. The molecule has 0 saturated heterocycles. The highest BCUT2D eigenvalue weighted by Gasteiger charge is 2.01. The molecule has 0 aromatic heterocycles. The van der Waals surface area contributed by atoms with Gasteiger partial charge in [-0.15, -0.1) is 0 Å². The first-order valence-corrected chi connectivity index (χ1v) is 4.69. The van der Waals surface area contributed by atoms with Gasteiger partial charge in [-0.3, -0.25) is 0 Å². The lowest BCUT2D eigenvalue weighted by atomic mass is 10.2. The Balaban J connectivity index is 3.05. The normalized spacial score (nSPS) is 9.58. The molecule has 0 atom stereocenters. The lowest BCUT2D eigenvalue weighted by Gasteiger charge is -2.03. The Hall–Kier alpha value is -0.410. The van der Waals surface area contributed by atoms with E-state index in [0.717, 1.165) is 10.0 Å². The van der Waals surface area contributed by atoms with Crippen LogP contribution >= 0.6 is 28.1 Å². The van der Waals surface area contributed by atoms with E-state index in [9.17, 15) is 0 Å². The van der Waals surface area contributed by atoms with Gasteiger partial charge in [0.15, 0.2) is 5.05 Å². The van der Waals surface area contributed by atoms with Crippen molar-refractivity contribution in [1.29, 1.82) is 0 Å². The number of hydrogen-bond acceptors (Lipinski definition) is 2. The molecule has 1 aromatic carbocycles. The second-order valence-corrected chi connectivity index (χ2v) is 3.68. The molecule has 0 unspecified atom stereocenters. The maximum Gasteiger partial charge on any atom is 0.190 e. The van der Waals surface area contributed by atoms with Gasteiger partial charge in [0, 0.05) is 10.0 Å². The Morgan fingerprint density at radius 3 is 2.67 bits per heavy atom. The van der Waals surface area contributed by atoms with Crippen molar-refractivity contribution in [3.8, 4) is 0 Å². The van der Waals surface area contributed by atoms with Crippen molar-refractivity contribution in [2.24, 2.45) is 0 Å². The van der Waals surface area contributed by atoms with Crippen LogP contribution in [0.1, 0.15) is 11.1 Å². The number of rotatable bonds is 1. The maximum absolute atomic E-state index is 4.98. The molecule has 0 bridgehead atoms. The smallest absolute Gasteiger partial charge is 0.190 e. The Kier molecular flexibility index (Phi) is 3.23. The fraction of sp³-hybridized carbons (Fsp3) is 0.222. The SMILES string of the molecule is COC(=S)c1ccc(C)c(Br)c1. The molecular formula is C9H9BrOS. The molecule has 0 aliphatic heterocycles. The van der Waals surface area contributed by atoms with Gasteiger partial charge in [-0.2, -0.15) is 0 Å². The predicted molar refractivity (Wildman–Crippen MR) is 57.6 cm³/mol. The van der Waals surface area contributed by atoms with Crippen LogP contribution in [0.25, 0.3) is 0 Å². The first-order chi connectivity index (χ1) is 5.65. The summed E-state index contributed by atoms with van der Waals surface area (Å²) < 4.78 is 6.00. The molecular weight excluding hydrogens is 236 g/mol. The van der Waals surface area contributed by atoms with Crippen LogP contribution in [0.3, 0.4) is 0 Å². The van der Waals surface area contributed by atoms with Crippen LogP contribution in [0.5, 0.6) is 0 Å². The van der Waals surface area contributed by atoms with E-state index < -0.39 is 0 Å². The minimum Gasteiger partial charge on any atom is -0.486 e. The molecule has 0 aliphatic carbocycles. The Morgan fingerprint density at radius 1 is 1.50 bits per heavy atom. The van der Waals surface area contributed by atoms with Crippen molar-refractivity contribution in [3.63, 3.8) is 0 Å². The summed E-state index contributed by atoms with van der Waals surface area (Å²) in [6, 6.07) is 5.91. The average Bonchev–Trinajstić information content (AvgIpc) is 2.08. The number of hydrogen-bond donors (Lipinski definition) is 0. The standard InChI is InChI=1S/C9H9BrOS/c1-6-3-4-7(5-8(6)10)9(12)11-2/h3-5H,1-2H3. The second kappa shape index (κ2) is 4.01. The van der Waals surface area contributed by atoms with Crippen molar-refractivity contribution in [3.05, 3.63) is 33.8 Å². The summed E-state index contributed by atoms with van der Waals surface area (Å²) >= 11 is 8.41. The van der Waals surface area contributed by atoms with Crippen molar-refractivity contribution >= 4 is 33.2 Å². The van der Waals surface area contributed by atoms with E-state index in [0.29, 0.717) is 5.05 Å². The average molecular weight is 245 g/mol. The number of aryl methyl sites for hydroxylation is 1. The molecule has 0 saturated carbocycles. The zero-order valence-corrected chi connectivity index (χ0v) is 9.33. The lowest BCUT2D eigenvalue weighted by molar-refractivity contribution is 0.416. The summed E-state index contributed by atoms with van der Waals surface area (Å²) in [7, 11) is 1.58. The molecule has 0 radical (unpaired) electrons. The summed E-state index contributed by atoms with van der Waals surface area (Å²) in [5, 5.41) is 0.524. The monoisotopic (exact) mass is 244 g/mol.